The van der Waals surface area contributed by atoms with Gasteiger partial charge in [0, 0.05) is 20.2 Å². The van der Waals surface area contributed by atoms with Gasteiger partial charge in [0.15, 0.2) is 0 Å². The number of carbonyl (C=O) groups excluding carboxylic acids is 1. The number of aryl methyl sites for hydroxylation is 1. The van der Waals surface area contributed by atoms with Gasteiger partial charge in [-0.15, -0.1) is 0 Å². The van der Waals surface area contributed by atoms with Gasteiger partial charge in [0.1, 0.15) is 0 Å². The lowest BCUT2D eigenvalue weighted by Crippen LogP contribution is -2.13. The highest BCUT2D eigenvalue weighted by Gasteiger charge is 2.10. The van der Waals surface area contributed by atoms with E-state index in [2.05, 4.69) is 37.2 Å². The zero-order valence-electron chi connectivity index (χ0n) is 10.7. The van der Waals surface area contributed by atoms with Crippen LogP contribution < -0.4 is 5.32 Å². The Hall–Kier alpha value is -0.840. The van der Waals surface area contributed by atoms with E-state index in [1.807, 2.05) is 25.1 Å². The molecule has 2 nitrogen and oxygen atoms in total. The maximum absolute atomic E-state index is 12.2. The second-order valence-electron chi connectivity index (χ2n) is 4.24. The minimum absolute atomic E-state index is 0.170. The second kappa shape index (κ2) is 6.74. The fraction of sp³-hybridized carbons (Fsp3) is 0.133. The largest absolute Gasteiger partial charge is 0.322 e. The van der Waals surface area contributed by atoms with Crippen LogP contribution in [0.15, 0.2) is 45.3 Å². The summed E-state index contributed by atoms with van der Waals surface area (Å²) in [5.41, 5.74) is 2.43. The van der Waals surface area contributed by atoms with Gasteiger partial charge >= 0.3 is 0 Å². The van der Waals surface area contributed by atoms with Crippen LogP contribution in [0.5, 0.6) is 0 Å². The fourth-order valence-electron chi connectivity index (χ4n) is 1.81. The standard InChI is InChI=1S/C15H12Br2ClNO/c1-2-9-7-11(16)4-6-14(9)19-15(20)10-3-5-12(17)13(18)8-10/h3-8H,2H2,1H3,(H,19,20). The van der Waals surface area contributed by atoms with Crippen molar-refractivity contribution in [3.8, 4) is 0 Å². The van der Waals surface area contributed by atoms with Crippen LogP contribution in [0, 0.1) is 0 Å². The molecule has 0 bridgehead atoms. The predicted octanol–water partition coefficient (Wildman–Crippen LogP) is 5.68. The summed E-state index contributed by atoms with van der Waals surface area (Å²) in [7, 11) is 0. The molecule has 1 amide bonds. The summed E-state index contributed by atoms with van der Waals surface area (Å²) in [6.45, 7) is 2.05. The van der Waals surface area contributed by atoms with E-state index in [-0.39, 0.29) is 5.91 Å². The van der Waals surface area contributed by atoms with Crippen molar-refractivity contribution in [1.82, 2.24) is 0 Å². The molecule has 2 aromatic carbocycles. The molecule has 0 saturated heterocycles. The molecule has 0 fully saturated rings. The number of amides is 1. The van der Waals surface area contributed by atoms with E-state index < -0.39 is 0 Å². The normalized spacial score (nSPS) is 10.4. The molecule has 0 atom stereocenters. The Morgan fingerprint density at radius 3 is 2.60 bits per heavy atom. The first-order valence-electron chi connectivity index (χ1n) is 6.06. The highest BCUT2D eigenvalue weighted by atomic mass is 79.9. The molecule has 0 unspecified atom stereocenters. The van der Waals surface area contributed by atoms with E-state index in [0.717, 1.165) is 26.6 Å². The highest BCUT2D eigenvalue weighted by Crippen LogP contribution is 2.25. The Kier molecular flexibility index (Phi) is 5.24. The SMILES string of the molecule is CCc1cc(Br)ccc1NC(=O)c1ccc(Br)c(Cl)c1. The number of nitrogens with one attached hydrogen (secondary N) is 1. The average molecular weight is 418 g/mol. The van der Waals surface area contributed by atoms with Gasteiger partial charge in [0.05, 0.1) is 5.02 Å². The molecule has 1 N–H and O–H groups in total. The molecule has 0 radical (unpaired) electrons. The fourth-order valence-corrected chi connectivity index (χ4v) is 2.64. The quantitative estimate of drug-likeness (QED) is 0.684. The molecule has 0 aromatic heterocycles. The number of anilines is 1. The number of carbonyl (C=O) groups is 1. The van der Waals surface area contributed by atoms with Crippen molar-refractivity contribution >= 4 is 55.1 Å². The summed E-state index contributed by atoms with van der Waals surface area (Å²) in [6.07, 6.45) is 0.843. The van der Waals surface area contributed by atoms with Gasteiger partial charge in [-0.2, -0.15) is 0 Å². The van der Waals surface area contributed by atoms with Crippen LogP contribution in [-0.4, -0.2) is 5.91 Å². The highest BCUT2D eigenvalue weighted by molar-refractivity contribution is 9.10. The van der Waals surface area contributed by atoms with Gasteiger partial charge in [0.25, 0.3) is 5.91 Å². The average Bonchev–Trinajstić information content (AvgIpc) is 2.43. The predicted molar refractivity (Wildman–Crippen MR) is 90.6 cm³/mol. The van der Waals surface area contributed by atoms with Crippen LogP contribution in [0.1, 0.15) is 22.8 Å². The monoisotopic (exact) mass is 415 g/mol. The molecule has 0 heterocycles. The Morgan fingerprint density at radius 2 is 1.95 bits per heavy atom. The van der Waals surface area contributed by atoms with E-state index in [1.165, 1.54) is 0 Å². The Balaban J connectivity index is 2.25. The molecule has 20 heavy (non-hydrogen) atoms. The summed E-state index contributed by atoms with van der Waals surface area (Å²) < 4.78 is 1.77. The van der Waals surface area contributed by atoms with Gasteiger partial charge < -0.3 is 5.32 Å². The molecule has 104 valence electrons. The first kappa shape index (κ1) is 15.5. The molecular formula is C15H12Br2ClNO. The number of benzene rings is 2. The molecule has 0 aliphatic rings. The van der Waals surface area contributed by atoms with Crippen molar-refractivity contribution in [1.29, 1.82) is 0 Å². The third-order valence-electron chi connectivity index (χ3n) is 2.88. The first-order chi connectivity index (χ1) is 9.51. The van der Waals surface area contributed by atoms with Crippen LogP contribution in [0.25, 0.3) is 0 Å². The van der Waals surface area contributed by atoms with Crippen molar-refractivity contribution in [3.63, 3.8) is 0 Å². The van der Waals surface area contributed by atoms with Gasteiger partial charge in [-0.3, -0.25) is 4.79 Å². The van der Waals surface area contributed by atoms with Crippen LogP contribution in [0.3, 0.4) is 0 Å². The van der Waals surface area contributed by atoms with Crippen molar-refractivity contribution in [3.05, 3.63) is 61.5 Å². The molecule has 0 aliphatic heterocycles. The van der Waals surface area contributed by atoms with E-state index in [4.69, 9.17) is 11.6 Å². The minimum Gasteiger partial charge on any atom is -0.322 e. The first-order valence-corrected chi connectivity index (χ1v) is 8.02. The lowest BCUT2D eigenvalue weighted by atomic mass is 10.1. The molecule has 0 saturated carbocycles. The molecular weight excluding hydrogens is 405 g/mol. The maximum atomic E-state index is 12.2. The van der Waals surface area contributed by atoms with Crippen LogP contribution >= 0.6 is 43.5 Å². The number of hydrogen-bond donors (Lipinski definition) is 1. The van der Waals surface area contributed by atoms with E-state index in [1.54, 1.807) is 18.2 Å². The third kappa shape index (κ3) is 3.62. The molecule has 5 heteroatoms. The number of rotatable bonds is 3. The van der Waals surface area contributed by atoms with Gasteiger partial charge in [-0.1, -0.05) is 34.5 Å². The van der Waals surface area contributed by atoms with Gasteiger partial charge in [-0.25, -0.2) is 0 Å². The zero-order valence-corrected chi connectivity index (χ0v) is 14.6. The van der Waals surface area contributed by atoms with E-state index in [9.17, 15) is 4.79 Å². The number of halogens is 3. The molecule has 2 aromatic rings. The van der Waals surface area contributed by atoms with E-state index in [0.29, 0.717) is 10.6 Å². The lowest BCUT2D eigenvalue weighted by Gasteiger charge is -2.11. The van der Waals surface area contributed by atoms with E-state index >= 15 is 0 Å². The molecule has 2 rings (SSSR count). The molecule has 0 spiro atoms. The third-order valence-corrected chi connectivity index (χ3v) is 4.60. The summed E-state index contributed by atoms with van der Waals surface area (Å²) in [5.74, 6) is -0.170. The lowest BCUT2D eigenvalue weighted by molar-refractivity contribution is 0.102. The van der Waals surface area contributed by atoms with Crippen molar-refractivity contribution in [2.24, 2.45) is 0 Å². The zero-order chi connectivity index (χ0) is 14.7. The van der Waals surface area contributed by atoms with Crippen molar-refractivity contribution in [2.75, 3.05) is 5.32 Å². The summed E-state index contributed by atoms with van der Waals surface area (Å²) in [4.78, 5) is 12.2. The summed E-state index contributed by atoms with van der Waals surface area (Å²) >= 11 is 12.7. The smallest absolute Gasteiger partial charge is 0.255 e. The van der Waals surface area contributed by atoms with Crippen LogP contribution in [0.4, 0.5) is 5.69 Å². The second-order valence-corrected chi connectivity index (χ2v) is 6.42. The van der Waals surface area contributed by atoms with Crippen LogP contribution in [0.2, 0.25) is 5.02 Å². The summed E-state index contributed by atoms with van der Waals surface area (Å²) in [6, 6.07) is 10.9. The topological polar surface area (TPSA) is 29.1 Å². The Morgan fingerprint density at radius 1 is 1.20 bits per heavy atom. The van der Waals surface area contributed by atoms with Crippen molar-refractivity contribution < 1.29 is 4.79 Å². The van der Waals surface area contributed by atoms with Crippen LogP contribution in [-0.2, 0) is 6.42 Å². The Labute approximate surface area is 139 Å². The molecule has 0 aliphatic carbocycles. The maximum Gasteiger partial charge on any atom is 0.255 e. The van der Waals surface area contributed by atoms with Gasteiger partial charge in [0.2, 0.25) is 0 Å². The van der Waals surface area contributed by atoms with Crippen molar-refractivity contribution in [2.45, 2.75) is 13.3 Å². The minimum atomic E-state index is -0.170. The Bertz CT molecular complexity index is 658. The summed E-state index contributed by atoms with van der Waals surface area (Å²) in [5, 5.41) is 3.44. The van der Waals surface area contributed by atoms with Gasteiger partial charge in [-0.05, 0) is 64.3 Å². The number of hydrogen-bond acceptors (Lipinski definition) is 1.